The predicted molar refractivity (Wildman–Crippen MR) is 106 cm³/mol. The number of nitrogens with zero attached hydrogens (tertiary/aromatic N) is 2. The summed E-state index contributed by atoms with van der Waals surface area (Å²) in [4.78, 5) is 43.6. The first kappa shape index (κ1) is 19.4. The van der Waals surface area contributed by atoms with Crippen LogP contribution in [-0.4, -0.2) is 47.1 Å². The molecule has 7 heteroatoms. The van der Waals surface area contributed by atoms with E-state index in [0.29, 0.717) is 60.7 Å². The highest BCUT2D eigenvalue weighted by atomic mass is 16.3. The molecule has 1 N–H and O–H groups in total. The minimum absolute atomic E-state index is 0.00347. The third-order valence-electron chi connectivity index (χ3n) is 5.74. The van der Waals surface area contributed by atoms with E-state index in [0.717, 1.165) is 19.3 Å². The Hall–Kier alpha value is -2.96. The van der Waals surface area contributed by atoms with Crippen molar-refractivity contribution in [3.05, 3.63) is 52.7 Å². The van der Waals surface area contributed by atoms with Gasteiger partial charge in [-0.15, -0.1) is 0 Å². The fourth-order valence-electron chi connectivity index (χ4n) is 4.28. The van der Waals surface area contributed by atoms with Gasteiger partial charge in [0.2, 0.25) is 0 Å². The maximum atomic E-state index is 13.2. The lowest BCUT2D eigenvalue weighted by Crippen LogP contribution is -2.44. The number of rotatable bonds is 4. The van der Waals surface area contributed by atoms with Crippen molar-refractivity contribution < 1.29 is 18.8 Å². The third-order valence-corrected chi connectivity index (χ3v) is 5.74. The summed E-state index contributed by atoms with van der Waals surface area (Å²) in [6.07, 6.45) is 6.92. The van der Waals surface area contributed by atoms with E-state index in [1.54, 1.807) is 30.2 Å². The molecule has 0 saturated carbocycles. The molecule has 1 aliphatic heterocycles. The zero-order valence-electron chi connectivity index (χ0n) is 16.6. The van der Waals surface area contributed by atoms with E-state index in [9.17, 15) is 14.4 Å². The molecule has 29 heavy (non-hydrogen) atoms. The minimum atomic E-state index is -0.160. The van der Waals surface area contributed by atoms with Crippen LogP contribution >= 0.6 is 0 Å². The van der Waals surface area contributed by atoms with Gasteiger partial charge in [-0.25, -0.2) is 0 Å². The van der Waals surface area contributed by atoms with E-state index >= 15 is 0 Å². The second kappa shape index (κ2) is 8.19. The van der Waals surface area contributed by atoms with Crippen molar-refractivity contribution in [2.45, 2.75) is 39.0 Å². The van der Waals surface area contributed by atoms with Gasteiger partial charge in [0, 0.05) is 44.9 Å². The molecule has 152 valence electrons. The van der Waals surface area contributed by atoms with Crippen LogP contribution in [0.4, 0.5) is 0 Å². The van der Waals surface area contributed by atoms with E-state index in [1.165, 1.54) is 6.20 Å². The number of carbonyl (C=O) groups excluding carboxylic acids is 3. The first-order valence-electron chi connectivity index (χ1n) is 10.2. The Bertz CT molecular complexity index is 935. The van der Waals surface area contributed by atoms with Crippen molar-refractivity contribution in [3.63, 3.8) is 0 Å². The van der Waals surface area contributed by atoms with Crippen molar-refractivity contribution in [1.29, 1.82) is 0 Å². The smallest absolute Gasteiger partial charge is 0.258 e. The van der Waals surface area contributed by atoms with Crippen LogP contribution in [0.2, 0.25) is 0 Å². The lowest BCUT2D eigenvalue weighted by atomic mass is 9.92. The fourth-order valence-corrected chi connectivity index (χ4v) is 4.28. The zero-order valence-corrected chi connectivity index (χ0v) is 16.6. The number of amides is 2. The summed E-state index contributed by atoms with van der Waals surface area (Å²) in [6.45, 7) is 3.46. The maximum absolute atomic E-state index is 13.2. The molecule has 1 saturated heterocycles. The molecule has 0 bridgehead atoms. The first-order chi connectivity index (χ1) is 14.0. The number of carbonyl (C=O) groups is 3. The first-order valence-corrected chi connectivity index (χ1v) is 10.2. The number of aromatic nitrogens is 1. The predicted octanol–water partition coefficient (Wildman–Crippen LogP) is 2.78. The topological polar surface area (TPSA) is 92.5 Å². The monoisotopic (exact) mass is 395 g/mol. The van der Waals surface area contributed by atoms with Crippen molar-refractivity contribution >= 4 is 17.6 Å². The third kappa shape index (κ3) is 3.95. The second-order valence-corrected chi connectivity index (χ2v) is 7.82. The molecular formula is C22H25N3O4. The summed E-state index contributed by atoms with van der Waals surface area (Å²) in [5.41, 5.74) is 1.45. The standard InChI is InChI=1S/C22H25N3O4/c1-14-19(20-17(26)7-2-8-18(20)29-14)22(28)25-10-4-5-15(13-25)11-24-21(27)16-6-3-9-23-12-16/h3,6,9,12,15H,2,4-5,7-8,10-11,13H2,1H3,(H,24,27)/t15-/m1/s1. The normalized spacial score (nSPS) is 19.0. The van der Waals surface area contributed by atoms with Gasteiger partial charge < -0.3 is 14.6 Å². The quantitative estimate of drug-likeness (QED) is 0.859. The molecule has 7 nitrogen and oxygen atoms in total. The van der Waals surface area contributed by atoms with E-state index in [-0.39, 0.29) is 23.5 Å². The number of furan rings is 1. The molecule has 0 spiro atoms. The Morgan fingerprint density at radius 1 is 1.31 bits per heavy atom. The number of ketones is 1. The van der Waals surface area contributed by atoms with Gasteiger partial charge in [0.05, 0.1) is 16.7 Å². The SMILES string of the molecule is Cc1oc2c(c1C(=O)N1CCC[C@H](CNC(=O)c3cccnc3)C1)C(=O)CCC2. The average molecular weight is 395 g/mol. The summed E-state index contributed by atoms with van der Waals surface area (Å²) in [5, 5.41) is 2.94. The van der Waals surface area contributed by atoms with Crippen LogP contribution < -0.4 is 5.32 Å². The highest BCUT2D eigenvalue weighted by Crippen LogP contribution is 2.31. The van der Waals surface area contributed by atoms with E-state index in [2.05, 4.69) is 10.3 Å². The van der Waals surface area contributed by atoms with Crippen molar-refractivity contribution in [3.8, 4) is 0 Å². The number of fused-ring (bicyclic) bond motifs is 1. The summed E-state index contributed by atoms with van der Waals surface area (Å²) >= 11 is 0. The molecule has 4 rings (SSSR count). The van der Waals surface area contributed by atoms with Crippen LogP contribution in [0.3, 0.4) is 0 Å². The Kier molecular flexibility index (Phi) is 5.47. The maximum Gasteiger partial charge on any atom is 0.258 e. The van der Waals surface area contributed by atoms with Gasteiger partial charge in [-0.2, -0.15) is 0 Å². The molecule has 2 aromatic rings. The number of Topliss-reactive ketones (excluding diaryl/α,β-unsaturated/α-hetero) is 1. The minimum Gasteiger partial charge on any atom is -0.465 e. The Morgan fingerprint density at radius 3 is 2.97 bits per heavy atom. The number of aryl methyl sites for hydroxylation is 2. The van der Waals surface area contributed by atoms with Gasteiger partial charge in [-0.3, -0.25) is 19.4 Å². The van der Waals surface area contributed by atoms with E-state index in [4.69, 9.17) is 4.42 Å². The molecule has 3 heterocycles. The Labute approximate surface area is 169 Å². The largest absolute Gasteiger partial charge is 0.465 e. The van der Waals surface area contributed by atoms with Gasteiger partial charge in [0.1, 0.15) is 11.5 Å². The average Bonchev–Trinajstić information content (AvgIpc) is 3.09. The van der Waals surface area contributed by atoms with Gasteiger partial charge in [0.15, 0.2) is 5.78 Å². The number of hydrogen-bond acceptors (Lipinski definition) is 5. The number of likely N-dealkylation sites (tertiary alicyclic amines) is 1. The lowest BCUT2D eigenvalue weighted by Gasteiger charge is -2.33. The Morgan fingerprint density at radius 2 is 2.17 bits per heavy atom. The molecule has 0 unspecified atom stereocenters. The number of nitrogens with one attached hydrogen (secondary N) is 1. The lowest BCUT2D eigenvalue weighted by molar-refractivity contribution is 0.0665. The van der Waals surface area contributed by atoms with Crippen LogP contribution in [0, 0.1) is 12.8 Å². The van der Waals surface area contributed by atoms with Crippen LogP contribution in [-0.2, 0) is 6.42 Å². The number of piperidine rings is 1. The number of pyridine rings is 1. The molecule has 2 aliphatic rings. The van der Waals surface area contributed by atoms with Gasteiger partial charge in [-0.05, 0) is 44.2 Å². The molecule has 2 amide bonds. The van der Waals surface area contributed by atoms with Crippen LogP contribution in [0.1, 0.15) is 68.3 Å². The summed E-state index contributed by atoms with van der Waals surface area (Å²) < 4.78 is 5.74. The van der Waals surface area contributed by atoms with E-state index < -0.39 is 0 Å². The molecule has 1 fully saturated rings. The summed E-state index contributed by atoms with van der Waals surface area (Å²) in [6, 6.07) is 3.45. The number of hydrogen-bond donors (Lipinski definition) is 1. The van der Waals surface area contributed by atoms with Crippen LogP contribution in [0.5, 0.6) is 0 Å². The summed E-state index contributed by atoms with van der Waals surface area (Å²) in [5.74, 6) is 1.07. The molecule has 1 aliphatic carbocycles. The summed E-state index contributed by atoms with van der Waals surface area (Å²) in [7, 11) is 0. The molecule has 0 radical (unpaired) electrons. The zero-order chi connectivity index (χ0) is 20.4. The molecule has 0 aromatic carbocycles. The molecule has 2 aromatic heterocycles. The van der Waals surface area contributed by atoms with Crippen LogP contribution in [0.25, 0.3) is 0 Å². The van der Waals surface area contributed by atoms with Gasteiger partial charge >= 0.3 is 0 Å². The van der Waals surface area contributed by atoms with Gasteiger partial charge in [0.25, 0.3) is 11.8 Å². The van der Waals surface area contributed by atoms with E-state index in [1.807, 2.05) is 0 Å². The highest BCUT2D eigenvalue weighted by molar-refractivity contribution is 6.10. The highest BCUT2D eigenvalue weighted by Gasteiger charge is 2.34. The van der Waals surface area contributed by atoms with Crippen molar-refractivity contribution in [2.24, 2.45) is 5.92 Å². The fraction of sp³-hybridized carbons (Fsp3) is 0.455. The van der Waals surface area contributed by atoms with Crippen LogP contribution in [0.15, 0.2) is 28.9 Å². The Balaban J connectivity index is 1.42. The van der Waals surface area contributed by atoms with Crippen molar-refractivity contribution in [1.82, 2.24) is 15.2 Å². The molecule has 1 atom stereocenters. The van der Waals surface area contributed by atoms with Crippen molar-refractivity contribution in [2.75, 3.05) is 19.6 Å². The molecular weight excluding hydrogens is 370 g/mol. The van der Waals surface area contributed by atoms with Gasteiger partial charge in [-0.1, -0.05) is 0 Å². The second-order valence-electron chi connectivity index (χ2n) is 7.82.